The number of nitrogens with one attached hydrogen (secondary N) is 1. The number of sulfonamides is 1. The van der Waals surface area contributed by atoms with Gasteiger partial charge in [-0.25, -0.2) is 12.8 Å². The molecule has 1 aromatic rings. The van der Waals surface area contributed by atoms with Crippen molar-refractivity contribution in [2.75, 3.05) is 26.2 Å². The van der Waals surface area contributed by atoms with E-state index in [-0.39, 0.29) is 17.1 Å². The number of halogens is 1. The van der Waals surface area contributed by atoms with E-state index >= 15 is 0 Å². The summed E-state index contributed by atoms with van der Waals surface area (Å²) in [4.78, 5) is 0.127. The van der Waals surface area contributed by atoms with Crippen molar-refractivity contribution < 1.29 is 17.5 Å². The van der Waals surface area contributed by atoms with Crippen LogP contribution in [-0.4, -0.2) is 51.1 Å². The maximum Gasteiger partial charge on any atom is 0.243 e. The summed E-state index contributed by atoms with van der Waals surface area (Å²) in [5.74, 6) is -0.443. The molecule has 0 spiro atoms. The van der Waals surface area contributed by atoms with Gasteiger partial charge in [-0.2, -0.15) is 4.31 Å². The summed E-state index contributed by atoms with van der Waals surface area (Å²) in [6.45, 7) is 1.99. The van der Waals surface area contributed by atoms with E-state index in [2.05, 4.69) is 5.32 Å². The fourth-order valence-corrected chi connectivity index (χ4v) is 3.97. The number of hydrogen-bond acceptors (Lipinski definition) is 4. The molecule has 1 N–H and O–H groups in total. The summed E-state index contributed by atoms with van der Waals surface area (Å²) in [6, 6.07) is 4.92. The van der Waals surface area contributed by atoms with Gasteiger partial charge in [0.15, 0.2) is 0 Å². The molecule has 2 saturated heterocycles. The van der Waals surface area contributed by atoms with Crippen LogP contribution in [0, 0.1) is 5.82 Å². The molecule has 0 aromatic heterocycles. The fraction of sp³-hybridized carbons (Fsp3) is 0.500. The van der Waals surface area contributed by atoms with Gasteiger partial charge in [-0.05, 0) is 24.3 Å². The highest BCUT2D eigenvalue weighted by Crippen LogP contribution is 2.22. The van der Waals surface area contributed by atoms with E-state index in [0.29, 0.717) is 26.2 Å². The minimum atomic E-state index is -3.56. The molecular formula is C12H15FN2O3S. The second-order valence-electron chi connectivity index (χ2n) is 4.81. The van der Waals surface area contributed by atoms with Gasteiger partial charge in [-0.3, -0.25) is 0 Å². The number of morpholine rings is 2. The van der Waals surface area contributed by atoms with Crippen LogP contribution in [0.2, 0.25) is 0 Å². The Hall–Kier alpha value is -1.02. The van der Waals surface area contributed by atoms with E-state index in [4.69, 9.17) is 4.74 Å². The van der Waals surface area contributed by atoms with Crippen molar-refractivity contribution in [3.63, 3.8) is 0 Å². The van der Waals surface area contributed by atoms with Gasteiger partial charge in [0, 0.05) is 26.2 Å². The minimum absolute atomic E-state index is 0.109. The van der Waals surface area contributed by atoms with Crippen LogP contribution < -0.4 is 5.32 Å². The van der Waals surface area contributed by atoms with Gasteiger partial charge in [-0.1, -0.05) is 0 Å². The third-order valence-corrected chi connectivity index (χ3v) is 5.24. The zero-order chi connectivity index (χ0) is 13.5. The SMILES string of the molecule is O=S(=O)(c1ccc(F)cc1)N1C[C@H]2CNC[C@@H](C1)O2. The normalized spacial score (nSPS) is 28.3. The third kappa shape index (κ3) is 2.51. The number of nitrogens with zero attached hydrogens (tertiary/aromatic N) is 1. The van der Waals surface area contributed by atoms with Crippen LogP contribution in [0.3, 0.4) is 0 Å². The van der Waals surface area contributed by atoms with Crippen molar-refractivity contribution in [2.45, 2.75) is 17.1 Å². The van der Waals surface area contributed by atoms with Crippen LogP contribution in [-0.2, 0) is 14.8 Å². The first-order chi connectivity index (χ1) is 9.05. The molecule has 2 aliphatic rings. The molecule has 5 nitrogen and oxygen atoms in total. The zero-order valence-electron chi connectivity index (χ0n) is 10.3. The molecule has 3 rings (SSSR count). The van der Waals surface area contributed by atoms with Crippen LogP contribution in [0.25, 0.3) is 0 Å². The first-order valence-electron chi connectivity index (χ1n) is 6.17. The molecule has 0 radical (unpaired) electrons. The van der Waals surface area contributed by atoms with Crippen molar-refractivity contribution in [3.8, 4) is 0 Å². The number of fused-ring (bicyclic) bond motifs is 2. The van der Waals surface area contributed by atoms with Gasteiger partial charge in [-0.15, -0.1) is 0 Å². The summed E-state index contributed by atoms with van der Waals surface area (Å²) in [5.41, 5.74) is 0. The van der Waals surface area contributed by atoms with E-state index < -0.39 is 15.8 Å². The number of benzene rings is 1. The van der Waals surface area contributed by atoms with Gasteiger partial charge >= 0.3 is 0 Å². The van der Waals surface area contributed by atoms with Crippen LogP contribution in [0.5, 0.6) is 0 Å². The molecule has 2 aliphatic heterocycles. The van der Waals surface area contributed by atoms with Crippen LogP contribution in [0.1, 0.15) is 0 Å². The molecule has 0 unspecified atom stereocenters. The molecule has 0 amide bonds. The van der Waals surface area contributed by atoms with Crippen LogP contribution >= 0.6 is 0 Å². The molecule has 1 aromatic carbocycles. The highest BCUT2D eigenvalue weighted by molar-refractivity contribution is 7.89. The molecule has 2 fully saturated rings. The van der Waals surface area contributed by atoms with Gasteiger partial charge in [0.05, 0.1) is 17.1 Å². The first-order valence-corrected chi connectivity index (χ1v) is 7.61. The average Bonchev–Trinajstić information content (AvgIpc) is 2.38. The van der Waals surface area contributed by atoms with Crippen molar-refractivity contribution in [1.82, 2.24) is 9.62 Å². The number of ether oxygens (including phenoxy) is 1. The lowest BCUT2D eigenvalue weighted by atomic mass is 10.2. The Morgan fingerprint density at radius 2 is 1.74 bits per heavy atom. The molecule has 104 valence electrons. The molecule has 2 atom stereocenters. The third-order valence-electron chi connectivity index (χ3n) is 3.39. The summed E-state index contributed by atoms with van der Waals surface area (Å²) in [7, 11) is -3.56. The van der Waals surface area contributed by atoms with Crippen LogP contribution in [0.4, 0.5) is 4.39 Å². The lowest BCUT2D eigenvalue weighted by Crippen LogP contribution is -2.59. The van der Waals surface area contributed by atoms with Crippen molar-refractivity contribution in [3.05, 3.63) is 30.1 Å². The second-order valence-corrected chi connectivity index (χ2v) is 6.75. The Bertz CT molecular complexity index is 549. The standard InChI is InChI=1S/C12H15FN2O3S/c13-9-1-3-12(4-2-9)19(16,17)15-7-10-5-14-6-11(8-15)18-10/h1-4,10-11,14H,5-8H2/t10-,11+. The first kappa shape index (κ1) is 13.0. The lowest BCUT2D eigenvalue weighted by molar-refractivity contribution is -0.0824. The lowest BCUT2D eigenvalue weighted by Gasteiger charge is -2.41. The van der Waals surface area contributed by atoms with E-state index in [0.717, 1.165) is 12.1 Å². The zero-order valence-corrected chi connectivity index (χ0v) is 11.1. The molecule has 2 heterocycles. The molecule has 7 heteroatoms. The Balaban J connectivity index is 1.86. The Morgan fingerprint density at radius 3 is 2.32 bits per heavy atom. The molecule has 19 heavy (non-hydrogen) atoms. The van der Waals surface area contributed by atoms with Crippen molar-refractivity contribution in [1.29, 1.82) is 0 Å². The molecule has 0 saturated carbocycles. The van der Waals surface area contributed by atoms with Gasteiger partial charge in [0.25, 0.3) is 0 Å². The van der Waals surface area contributed by atoms with E-state index in [1.807, 2.05) is 0 Å². The van der Waals surface area contributed by atoms with E-state index in [9.17, 15) is 12.8 Å². The van der Waals surface area contributed by atoms with Gasteiger partial charge in [0.1, 0.15) is 5.82 Å². The van der Waals surface area contributed by atoms with Crippen LogP contribution in [0.15, 0.2) is 29.2 Å². The fourth-order valence-electron chi connectivity index (χ4n) is 2.47. The van der Waals surface area contributed by atoms with Crippen molar-refractivity contribution >= 4 is 10.0 Å². The van der Waals surface area contributed by atoms with E-state index in [1.165, 1.54) is 16.4 Å². The smallest absolute Gasteiger partial charge is 0.243 e. The highest BCUT2D eigenvalue weighted by Gasteiger charge is 2.37. The average molecular weight is 286 g/mol. The predicted octanol–water partition coefficient (Wildman–Crippen LogP) is 0.187. The molecule has 2 bridgehead atoms. The maximum absolute atomic E-state index is 12.9. The van der Waals surface area contributed by atoms with Crippen molar-refractivity contribution in [2.24, 2.45) is 0 Å². The molecular weight excluding hydrogens is 271 g/mol. The number of hydrogen-bond donors (Lipinski definition) is 1. The summed E-state index contributed by atoms with van der Waals surface area (Å²) < 4.78 is 44.9. The highest BCUT2D eigenvalue weighted by atomic mass is 32.2. The predicted molar refractivity (Wildman–Crippen MR) is 66.7 cm³/mol. The Labute approximate surface area is 111 Å². The monoisotopic (exact) mass is 286 g/mol. The maximum atomic E-state index is 12.9. The Kier molecular flexibility index (Phi) is 3.30. The van der Waals surface area contributed by atoms with Gasteiger partial charge in [0.2, 0.25) is 10.0 Å². The minimum Gasteiger partial charge on any atom is -0.370 e. The van der Waals surface area contributed by atoms with Gasteiger partial charge < -0.3 is 10.1 Å². The topological polar surface area (TPSA) is 58.6 Å². The second kappa shape index (κ2) is 4.82. The molecule has 0 aliphatic carbocycles. The quantitative estimate of drug-likeness (QED) is 0.843. The largest absolute Gasteiger partial charge is 0.370 e. The number of rotatable bonds is 2. The Morgan fingerprint density at radius 1 is 1.16 bits per heavy atom. The summed E-state index contributed by atoms with van der Waals surface area (Å²) in [5, 5.41) is 3.21. The summed E-state index contributed by atoms with van der Waals surface area (Å²) in [6.07, 6.45) is -0.217. The van der Waals surface area contributed by atoms with E-state index in [1.54, 1.807) is 0 Å². The summed E-state index contributed by atoms with van der Waals surface area (Å²) >= 11 is 0.